The van der Waals surface area contributed by atoms with Crippen molar-refractivity contribution in [1.82, 2.24) is 9.97 Å². The minimum atomic E-state index is -0.243. The summed E-state index contributed by atoms with van der Waals surface area (Å²) in [6.45, 7) is 2.11. The van der Waals surface area contributed by atoms with E-state index < -0.39 is 0 Å². The zero-order valence-corrected chi connectivity index (χ0v) is 13.0. The topological polar surface area (TPSA) is 58.1 Å². The lowest BCUT2D eigenvalue weighted by atomic mass is 10.3. The number of amides is 1. The van der Waals surface area contributed by atoms with Crippen LogP contribution in [0.4, 0.5) is 11.5 Å². The van der Waals surface area contributed by atoms with Crippen molar-refractivity contribution in [3.8, 4) is 0 Å². The summed E-state index contributed by atoms with van der Waals surface area (Å²) >= 11 is 3.25. The molecule has 2 aromatic heterocycles. The zero-order valence-electron chi connectivity index (χ0n) is 11.4. The van der Waals surface area contributed by atoms with Gasteiger partial charge in [0.15, 0.2) is 0 Å². The van der Waals surface area contributed by atoms with Crippen LogP contribution in [0.2, 0.25) is 0 Å². The number of anilines is 2. The maximum absolute atomic E-state index is 12.1. The third kappa shape index (κ3) is 3.39. The molecule has 5 nitrogen and oxygen atoms in total. The maximum Gasteiger partial charge on any atom is 0.274 e. The van der Waals surface area contributed by atoms with Crippen LogP contribution in [0.5, 0.6) is 0 Å². The molecule has 0 radical (unpaired) electrons. The Morgan fingerprint density at radius 3 is 2.67 bits per heavy atom. The fourth-order valence-corrected chi connectivity index (χ4v) is 2.67. The zero-order chi connectivity index (χ0) is 14.7. The Kier molecular flexibility index (Phi) is 4.15. The number of nitrogens with one attached hydrogen (secondary N) is 1. The SMILES string of the molecule is O=C(Nc1ccc(N2CCCC2)nc1)c1cccc(Br)n1. The van der Waals surface area contributed by atoms with Gasteiger partial charge >= 0.3 is 0 Å². The van der Waals surface area contributed by atoms with Gasteiger partial charge in [-0.25, -0.2) is 9.97 Å². The van der Waals surface area contributed by atoms with E-state index in [4.69, 9.17) is 0 Å². The number of pyridine rings is 2. The summed E-state index contributed by atoms with van der Waals surface area (Å²) in [5, 5.41) is 2.80. The third-order valence-corrected chi connectivity index (χ3v) is 3.83. The van der Waals surface area contributed by atoms with Crippen LogP contribution in [-0.2, 0) is 0 Å². The van der Waals surface area contributed by atoms with E-state index in [0.29, 0.717) is 16.0 Å². The first-order valence-electron chi connectivity index (χ1n) is 6.87. The van der Waals surface area contributed by atoms with E-state index >= 15 is 0 Å². The first-order valence-corrected chi connectivity index (χ1v) is 7.66. The smallest absolute Gasteiger partial charge is 0.274 e. The Bertz CT molecular complexity index is 638. The highest BCUT2D eigenvalue weighted by atomic mass is 79.9. The Labute approximate surface area is 131 Å². The second-order valence-corrected chi connectivity index (χ2v) is 5.71. The van der Waals surface area contributed by atoms with E-state index in [0.717, 1.165) is 18.9 Å². The third-order valence-electron chi connectivity index (χ3n) is 3.38. The molecule has 2 aromatic rings. The van der Waals surface area contributed by atoms with Crippen LogP contribution in [0.25, 0.3) is 0 Å². The number of nitrogens with zero attached hydrogens (tertiary/aromatic N) is 3. The van der Waals surface area contributed by atoms with Crippen molar-refractivity contribution in [2.45, 2.75) is 12.8 Å². The summed E-state index contributed by atoms with van der Waals surface area (Å²) in [6.07, 6.45) is 4.12. The van der Waals surface area contributed by atoms with Crippen LogP contribution >= 0.6 is 15.9 Å². The quantitative estimate of drug-likeness (QED) is 0.867. The number of halogens is 1. The molecule has 0 bridgehead atoms. The highest BCUT2D eigenvalue weighted by Crippen LogP contribution is 2.19. The number of carbonyl (C=O) groups is 1. The molecule has 0 unspecified atom stereocenters. The predicted molar refractivity (Wildman–Crippen MR) is 85.6 cm³/mol. The molecule has 0 atom stereocenters. The molecule has 1 aliphatic rings. The minimum absolute atomic E-state index is 0.243. The molecule has 0 aromatic carbocycles. The molecule has 21 heavy (non-hydrogen) atoms. The van der Waals surface area contributed by atoms with Crippen molar-refractivity contribution >= 4 is 33.3 Å². The van der Waals surface area contributed by atoms with E-state index in [9.17, 15) is 4.79 Å². The van der Waals surface area contributed by atoms with Crippen LogP contribution in [0.15, 0.2) is 41.1 Å². The molecule has 1 fully saturated rings. The number of rotatable bonds is 3. The summed E-state index contributed by atoms with van der Waals surface area (Å²) in [5.41, 5.74) is 1.04. The molecule has 1 amide bonds. The van der Waals surface area contributed by atoms with Crippen LogP contribution in [0.1, 0.15) is 23.3 Å². The van der Waals surface area contributed by atoms with Crippen molar-refractivity contribution in [2.24, 2.45) is 0 Å². The molecule has 3 heterocycles. The molecule has 3 rings (SSSR count). The van der Waals surface area contributed by atoms with Crippen LogP contribution < -0.4 is 10.2 Å². The Hall–Kier alpha value is -1.95. The van der Waals surface area contributed by atoms with E-state index in [1.165, 1.54) is 12.8 Å². The fourth-order valence-electron chi connectivity index (χ4n) is 2.32. The van der Waals surface area contributed by atoms with Gasteiger partial charge in [0.2, 0.25) is 0 Å². The number of aromatic nitrogens is 2. The van der Waals surface area contributed by atoms with Gasteiger partial charge in [-0.2, -0.15) is 0 Å². The first-order chi connectivity index (χ1) is 10.2. The Morgan fingerprint density at radius 2 is 2.00 bits per heavy atom. The number of hydrogen-bond donors (Lipinski definition) is 1. The van der Waals surface area contributed by atoms with E-state index in [1.807, 2.05) is 12.1 Å². The van der Waals surface area contributed by atoms with Crippen molar-refractivity contribution in [1.29, 1.82) is 0 Å². The lowest BCUT2D eigenvalue weighted by Crippen LogP contribution is -2.19. The van der Waals surface area contributed by atoms with E-state index in [1.54, 1.807) is 24.4 Å². The normalized spacial score (nSPS) is 14.2. The largest absolute Gasteiger partial charge is 0.357 e. The second-order valence-electron chi connectivity index (χ2n) is 4.90. The van der Waals surface area contributed by atoms with Gasteiger partial charge in [-0.15, -0.1) is 0 Å². The average Bonchev–Trinajstić information content (AvgIpc) is 3.02. The van der Waals surface area contributed by atoms with Gasteiger partial charge in [0.1, 0.15) is 16.1 Å². The van der Waals surface area contributed by atoms with Crippen LogP contribution in [0.3, 0.4) is 0 Å². The summed E-state index contributed by atoms with van der Waals surface area (Å²) in [5.74, 6) is 0.720. The van der Waals surface area contributed by atoms with Gasteiger partial charge < -0.3 is 10.2 Å². The van der Waals surface area contributed by atoms with Gasteiger partial charge in [-0.05, 0) is 53.0 Å². The molecule has 0 spiro atoms. The number of hydrogen-bond acceptors (Lipinski definition) is 4. The Morgan fingerprint density at radius 1 is 1.19 bits per heavy atom. The van der Waals surface area contributed by atoms with Crippen LogP contribution in [-0.4, -0.2) is 29.0 Å². The van der Waals surface area contributed by atoms with Crippen molar-refractivity contribution in [3.63, 3.8) is 0 Å². The molecular formula is C15H15BrN4O. The summed E-state index contributed by atoms with van der Waals surface area (Å²) in [7, 11) is 0. The molecule has 1 aliphatic heterocycles. The second kappa shape index (κ2) is 6.22. The van der Waals surface area contributed by atoms with Crippen molar-refractivity contribution in [2.75, 3.05) is 23.3 Å². The van der Waals surface area contributed by atoms with Gasteiger partial charge in [-0.1, -0.05) is 6.07 Å². The van der Waals surface area contributed by atoms with Gasteiger partial charge in [0.05, 0.1) is 11.9 Å². The minimum Gasteiger partial charge on any atom is -0.357 e. The highest BCUT2D eigenvalue weighted by molar-refractivity contribution is 9.10. The molecule has 6 heteroatoms. The monoisotopic (exact) mass is 346 g/mol. The predicted octanol–water partition coefficient (Wildman–Crippen LogP) is 3.09. The lowest BCUT2D eigenvalue weighted by molar-refractivity contribution is 0.102. The molecule has 0 saturated carbocycles. The molecule has 1 N–H and O–H groups in total. The highest BCUT2D eigenvalue weighted by Gasteiger charge is 2.13. The van der Waals surface area contributed by atoms with Gasteiger partial charge in [-0.3, -0.25) is 4.79 Å². The Balaban J connectivity index is 1.68. The maximum atomic E-state index is 12.1. The molecule has 0 aliphatic carbocycles. The summed E-state index contributed by atoms with van der Waals surface area (Å²) in [4.78, 5) is 22.9. The summed E-state index contributed by atoms with van der Waals surface area (Å²) < 4.78 is 0.637. The molecule has 108 valence electrons. The van der Waals surface area contributed by atoms with Crippen molar-refractivity contribution in [3.05, 3.63) is 46.8 Å². The number of carbonyl (C=O) groups excluding carboxylic acids is 1. The standard InChI is InChI=1S/C15H15BrN4O/c16-13-5-3-4-12(19-13)15(21)18-11-6-7-14(17-10-11)20-8-1-2-9-20/h3-7,10H,1-2,8-9H2,(H,18,21). The first kappa shape index (κ1) is 14.0. The van der Waals surface area contributed by atoms with Gasteiger partial charge in [0, 0.05) is 13.1 Å². The lowest BCUT2D eigenvalue weighted by Gasteiger charge is -2.16. The fraction of sp³-hybridized carbons (Fsp3) is 0.267. The average molecular weight is 347 g/mol. The van der Waals surface area contributed by atoms with Crippen LogP contribution in [0, 0.1) is 0 Å². The van der Waals surface area contributed by atoms with E-state index in [2.05, 4.69) is 36.1 Å². The molecule has 1 saturated heterocycles. The summed E-state index contributed by atoms with van der Waals surface area (Å²) in [6, 6.07) is 9.04. The van der Waals surface area contributed by atoms with Crippen molar-refractivity contribution < 1.29 is 4.79 Å². The van der Waals surface area contributed by atoms with Gasteiger partial charge in [0.25, 0.3) is 5.91 Å². The van der Waals surface area contributed by atoms with E-state index in [-0.39, 0.29) is 5.91 Å². The molecular weight excluding hydrogens is 332 g/mol.